The number of alkyl halides is 5. The van der Waals surface area contributed by atoms with Crippen LogP contribution in [0.1, 0.15) is 25.8 Å². The number of hydrogen-bond acceptors (Lipinski definition) is 5. The molecule has 0 bridgehead atoms. The van der Waals surface area contributed by atoms with Gasteiger partial charge in [-0.25, -0.2) is 14.0 Å². The number of piperidine rings is 1. The standard InChI is InChI=1S/C20H21F5N2O6/c1-11-9-27(17(32)33-10-13-6-4-3-5-7-13)19(23,20(24,25)18(11,21)22)16(31)26-14(15(29)30)8-12(2)28/h3-7,11,14H,8-10H2,1-2H3,(H,26,31)(H,29,30). The number of nitrogens with one attached hydrogen (secondary N) is 1. The van der Waals surface area contributed by atoms with E-state index in [1.165, 1.54) is 17.4 Å². The Labute approximate surface area is 184 Å². The second kappa shape index (κ2) is 9.32. The lowest BCUT2D eigenvalue weighted by Crippen LogP contribution is -2.78. The van der Waals surface area contributed by atoms with Crippen molar-refractivity contribution >= 4 is 23.8 Å². The number of ether oxygens (including phenoxy) is 1. The molecule has 2 amide bonds. The summed E-state index contributed by atoms with van der Waals surface area (Å²) < 4.78 is 78.6. The first-order valence-electron chi connectivity index (χ1n) is 9.62. The Balaban J connectivity index is 2.43. The minimum Gasteiger partial charge on any atom is -0.480 e. The summed E-state index contributed by atoms with van der Waals surface area (Å²) in [6.07, 6.45) is -2.77. The fourth-order valence-electron chi connectivity index (χ4n) is 3.22. The molecular weight excluding hydrogens is 459 g/mol. The van der Waals surface area contributed by atoms with Crippen LogP contribution in [0.2, 0.25) is 0 Å². The SMILES string of the molecule is CC(=O)CC(NC(=O)C1(F)N(C(=O)OCc2ccccc2)CC(C)C(F)(F)C1(F)F)C(=O)O. The zero-order valence-corrected chi connectivity index (χ0v) is 17.5. The third-order valence-electron chi connectivity index (χ3n) is 5.10. The highest BCUT2D eigenvalue weighted by Crippen LogP contribution is 2.54. The summed E-state index contributed by atoms with van der Waals surface area (Å²) in [4.78, 5) is 46.9. The number of benzene rings is 1. The molecule has 33 heavy (non-hydrogen) atoms. The Hall–Kier alpha value is -3.25. The van der Waals surface area contributed by atoms with E-state index in [4.69, 9.17) is 9.84 Å². The lowest BCUT2D eigenvalue weighted by Gasteiger charge is -2.49. The number of hydrogen-bond donors (Lipinski definition) is 2. The predicted octanol–water partition coefficient (Wildman–Crippen LogP) is 2.76. The number of carboxylic acid groups (broad SMARTS) is 1. The van der Waals surface area contributed by atoms with Crippen molar-refractivity contribution in [3.8, 4) is 0 Å². The smallest absolute Gasteiger partial charge is 0.413 e. The molecule has 3 atom stereocenters. The minimum absolute atomic E-state index is 0.356. The van der Waals surface area contributed by atoms with Crippen LogP contribution in [0.3, 0.4) is 0 Å². The van der Waals surface area contributed by atoms with Gasteiger partial charge in [0.05, 0.1) is 0 Å². The van der Waals surface area contributed by atoms with Crippen LogP contribution in [0.15, 0.2) is 30.3 Å². The lowest BCUT2D eigenvalue weighted by atomic mass is 9.84. The van der Waals surface area contributed by atoms with Gasteiger partial charge in [-0.3, -0.25) is 14.5 Å². The summed E-state index contributed by atoms with van der Waals surface area (Å²) in [5.74, 6) is -23.4. The van der Waals surface area contributed by atoms with Gasteiger partial charge in [-0.1, -0.05) is 37.3 Å². The van der Waals surface area contributed by atoms with E-state index in [9.17, 15) is 36.7 Å². The first-order chi connectivity index (χ1) is 15.2. The lowest BCUT2D eigenvalue weighted by molar-refractivity contribution is -0.333. The Morgan fingerprint density at radius 3 is 2.24 bits per heavy atom. The molecule has 1 aliphatic heterocycles. The number of nitrogens with zero attached hydrogens (tertiary/aromatic N) is 1. The summed E-state index contributed by atoms with van der Waals surface area (Å²) in [5, 5.41) is 10.4. The van der Waals surface area contributed by atoms with Crippen molar-refractivity contribution in [3.63, 3.8) is 0 Å². The molecule has 2 rings (SSSR count). The average molecular weight is 480 g/mol. The Kier molecular flexibility index (Phi) is 7.34. The van der Waals surface area contributed by atoms with Crippen molar-refractivity contribution in [2.45, 2.75) is 50.6 Å². The van der Waals surface area contributed by atoms with Gasteiger partial charge in [0.15, 0.2) is 0 Å². The van der Waals surface area contributed by atoms with Gasteiger partial charge < -0.3 is 15.2 Å². The maximum absolute atomic E-state index is 15.7. The molecule has 1 aromatic carbocycles. The maximum Gasteiger partial charge on any atom is 0.413 e. The Morgan fingerprint density at radius 1 is 1.15 bits per heavy atom. The van der Waals surface area contributed by atoms with Crippen molar-refractivity contribution in [2.75, 3.05) is 6.54 Å². The predicted molar refractivity (Wildman–Crippen MR) is 101 cm³/mol. The molecule has 0 spiro atoms. The fourth-order valence-corrected chi connectivity index (χ4v) is 3.22. The molecule has 1 saturated heterocycles. The second-order valence-corrected chi connectivity index (χ2v) is 7.64. The van der Waals surface area contributed by atoms with E-state index < -0.39 is 77.8 Å². The number of ketones is 1. The number of halogens is 5. The molecular formula is C20H21F5N2O6. The van der Waals surface area contributed by atoms with Crippen molar-refractivity contribution in [1.29, 1.82) is 0 Å². The molecule has 1 fully saturated rings. The molecule has 8 nitrogen and oxygen atoms in total. The molecule has 0 aliphatic carbocycles. The van der Waals surface area contributed by atoms with Crippen molar-refractivity contribution in [3.05, 3.63) is 35.9 Å². The number of rotatable bonds is 7. The van der Waals surface area contributed by atoms with Crippen molar-refractivity contribution in [1.82, 2.24) is 10.2 Å². The van der Waals surface area contributed by atoms with Crippen LogP contribution in [0, 0.1) is 5.92 Å². The third kappa shape index (κ3) is 4.76. The summed E-state index contributed by atoms with van der Waals surface area (Å²) >= 11 is 0. The van der Waals surface area contributed by atoms with E-state index in [1.54, 1.807) is 18.2 Å². The fraction of sp³-hybridized carbons (Fsp3) is 0.500. The van der Waals surface area contributed by atoms with Gasteiger partial charge in [-0.2, -0.15) is 17.6 Å². The van der Waals surface area contributed by atoms with Gasteiger partial charge in [0.25, 0.3) is 5.91 Å². The first kappa shape index (κ1) is 26.0. The van der Waals surface area contributed by atoms with Crippen molar-refractivity contribution < 1.29 is 51.0 Å². The molecule has 1 aromatic rings. The molecule has 0 saturated carbocycles. The molecule has 2 N–H and O–H groups in total. The van der Waals surface area contributed by atoms with Gasteiger partial charge in [-0.15, -0.1) is 0 Å². The molecule has 3 unspecified atom stereocenters. The molecule has 0 aromatic heterocycles. The number of aliphatic carboxylic acids is 1. The average Bonchev–Trinajstić information content (AvgIpc) is 2.73. The van der Waals surface area contributed by atoms with E-state index >= 15 is 4.39 Å². The molecule has 182 valence electrons. The van der Waals surface area contributed by atoms with Crippen LogP contribution in [0.25, 0.3) is 0 Å². The summed E-state index contributed by atoms with van der Waals surface area (Å²) in [6.45, 7) is -0.360. The number of amides is 2. The zero-order chi connectivity index (χ0) is 25.2. The van der Waals surface area contributed by atoms with Crippen LogP contribution in [-0.2, 0) is 25.7 Å². The topological polar surface area (TPSA) is 113 Å². The first-order valence-corrected chi connectivity index (χ1v) is 9.62. The quantitative estimate of drug-likeness (QED) is 0.459. The number of Topliss-reactive ketones (excluding diaryl/α,β-unsaturated/α-hetero) is 1. The second-order valence-electron chi connectivity index (χ2n) is 7.64. The van der Waals surface area contributed by atoms with E-state index in [-0.39, 0.29) is 0 Å². The van der Waals surface area contributed by atoms with Gasteiger partial charge in [-0.05, 0) is 12.5 Å². The van der Waals surface area contributed by atoms with E-state index in [0.29, 0.717) is 12.5 Å². The van der Waals surface area contributed by atoms with E-state index in [2.05, 4.69) is 0 Å². The maximum atomic E-state index is 15.7. The van der Waals surface area contributed by atoms with Crippen LogP contribution >= 0.6 is 0 Å². The third-order valence-corrected chi connectivity index (χ3v) is 5.10. The highest BCUT2D eigenvalue weighted by Gasteiger charge is 2.81. The normalized spacial score (nSPS) is 24.5. The van der Waals surface area contributed by atoms with Crippen LogP contribution < -0.4 is 5.32 Å². The molecule has 0 radical (unpaired) electrons. The van der Waals surface area contributed by atoms with E-state index in [1.807, 2.05) is 0 Å². The van der Waals surface area contributed by atoms with Crippen LogP contribution in [0.4, 0.5) is 26.7 Å². The minimum atomic E-state index is -5.77. The van der Waals surface area contributed by atoms with Gasteiger partial charge in [0, 0.05) is 18.9 Å². The Bertz CT molecular complexity index is 929. The van der Waals surface area contributed by atoms with Gasteiger partial charge in [0.1, 0.15) is 18.4 Å². The zero-order valence-electron chi connectivity index (χ0n) is 17.5. The summed E-state index contributed by atoms with van der Waals surface area (Å²) in [5.41, 5.74) is 0.356. The number of carboxylic acids is 1. The van der Waals surface area contributed by atoms with Crippen LogP contribution in [-0.4, -0.2) is 64.0 Å². The number of carbonyl (C=O) groups excluding carboxylic acids is 3. The Morgan fingerprint density at radius 2 is 1.73 bits per heavy atom. The number of likely N-dealkylation sites (tertiary alicyclic amines) is 1. The largest absolute Gasteiger partial charge is 0.480 e. The highest BCUT2D eigenvalue weighted by molar-refractivity contribution is 5.94. The van der Waals surface area contributed by atoms with Crippen molar-refractivity contribution in [2.24, 2.45) is 5.92 Å². The van der Waals surface area contributed by atoms with Crippen LogP contribution in [0.5, 0.6) is 0 Å². The molecule has 13 heteroatoms. The number of carbonyl (C=O) groups is 4. The summed E-state index contributed by atoms with van der Waals surface area (Å²) in [6, 6.07) is 5.47. The highest BCUT2D eigenvalue weighted by atomic mass is 19.3. The van der Waals surface area contributed by atoms with E-state index in [0.717, 1.165) is 6.92 Å². The monoisotopic (exact) mass is 480 g/mol. The molecule has 1 heterocycles. The summed E-state index contributed by atoms with van der Waals surface area (Å²) in [7, 11) is 0. The van der Waals surface area contributed by atoms with Gasteiger partial charge >= 0.3 is 29.7 Å². The molecule has 1 aliphatic rings. The van der Waals surface area contributed by atoms with Gasteiger partial charge in [0.2, 0.25) is 0 Å².